The molecule has 0 amide bonds. The molecular formula is C52H33NOS. The molecule has 0 aliphatic rings. The number of hydrogen-bond acceptors (Lipinski definition) is 3. The Labute approximate surface area is 322 Å². The Hall–Kier alpha value is -6.94. The van der Waals surface area contributed by atoms with E-state index in [9.17, 15) is 0 Å². The van der Waals surface area contributed by atoms with Gasteiger partial charge in [-0.1, -0.05) is 146 Å². The van der Waals surface area contributed by atoms with Crippen LogP contribution in [0.4, 0.5) is 17.1 Å². The van der Waals surface area contributed by atoms with Crippen LogP contribution in [0, 0.1) is 0 Å². The molecule has 0 saturated heterocycles. The molecule has 0 spiro atoms. The van der Waals surface area contributed by atoms with E-state index in [1.807, 2.05) is 17.4 Å². The molecule has 0 aliphatic heterocycles. The summed E-state index contributed by atoms with van der Waals surface area (Å²) in [5.74, 6) is 0. The van der Waals surface area contributed by atoms with E-state index in [0.29, 0.717) is 0 Å². The first-order chi connectivity index (χ1) is 27.3. The summed E-state index contributed by atoms with van der Waals surface area (Å²) in [6, 6.07) is 72.0. The van der Waals surface area contributed by atoms with Gasteiger partial charge in [0.05, 0.1) is 0 Å². The van der Waals surface area contributed by atoms with Gasteiger partial charge in [-0.3, -0.25) is 0 Å². The smallest absolute Gasteiger partial charge is 0.143 e. The second-order valence-electron chi connectivity index (χ2n) is 14.1. The Morgan fingerprint density at radius 3 is 1.69 bits per heavy atom. The Morgan fingerprint density at radius 1 is 0.382 bits per heavy atom. The molecule has 2 nitrogen and oxygen atoms in total. The molecule has 3 heteroatoms. The average Bonchev–Trinajstić information content (AvgIpc) is 3.82. The maximum atomic E-state index is 6.59. The normalized spacial score (nSPS) is 11.6. The van der Waals surface area contributed by atoms with Gasteiger partial charge in [0.15, 0.2) is 0 Å². The summed E-state index contributed by atoms with van der Waals surface area (Å²) in [7, 11) is 0. The first-order valence-electron chi connectivity index (χ1n) is 18.7. The molecule has 0 N–H and O–H groups in total. The quantitative estimate of drug-likeness (QED) is 0.170. The van der Waals surface area contributed by atoms with Gasteiger partial charge >= 0.3 is 0 Å². The minimum absolute atomic E-state index is 0.905. The zero-order valence-electron chi connectivity index (χ0n) is 29.8. The summed E-state index contributed by atoms with van der Waals surface area (Å²) < 4.78 is 9.24. The molecule has 11 aromatic rings. The molecule has 2 heterocycles. The summed E-state index contributed by atoms with van der Waals surface area (Å²) in [5.41, 5.74) is 12.2. The maximum absolute atomic E-state index is 6.59. The molecule has 11 rings (SSSR count). The summed E-state index contributed by atoms with van der Waals surface area (Å²) in [4.78, 5) is 2.35. The van der Waals surface area contributed by atoms with Crippen LogP contribution in [0.1, 0.15) is 0 Å². The summed E-state index contributed by atoms with van der Waals surface area (Å²) in [6.07, 6.45) is 0. The largest absolute Gasteiger partial charge is 0.455 e. The van der Waals surface area contributed by atoms with Gasteiger partial charge in [-0.25, -0.2) is 0 Å². The number of rotatable bonds is 6. The number of benzene rings is 9. The zero-order valence-corrected chi connectivity index (χ0v) is 30.6. The van der Waals surface area contributed by atoms with Gasteiger partial charge in [-0.15, -0.1) is 11.3 Å². The van der Waals surface area contributed by atoms with E-state index in [2.05, 4.69) is 199 Å². The van der Waals surface area contributed by atoms with E-state index >= 15 is 0 Å². The Morgan fingerprint density at radius 2 is 0.945 bits per heavy atom. The van der Waals surface area contributed by atoms with Gasteiger partial charge in [0.2, 0.25) is 0 Å². The first-order valence-corrected chi connectivity index (χ1v) is 19.5. The third kappa shape index (κ3) is 5.32. The van der Waals surface area contributed by atoms with Crippen LogP contribution in [-0.4, -0.2) is 0 Å². The molecule has 0 fully saturated rings. The summed E-state index contributed by atoms with van der Waals surface area (Å²) in [5, 5.41) is 7.29. The summed E-state index contributed by atoms with van der Waals surface area (Å²) >= 11 is 1.87. The molecule has 55 heavy (non-hydrogen) atoms. The predicted molar refractivity (Wildman–Crippen MR) is 235 cm³/mol. The highest BCUT2D eigenvalue weighted by Crippen LogP contribution is 2.44. The number of nitrogens with zero attached hydrogens (tertiary/aromatic N) is 1. The number of fused-ring (bicyclic) bond motifs is 7. The van der Waals surface area contributed by atoms with Gasteiger partial charge in [-0.05, 0) is 93.2 Å². The third-order valence-corrected chi connectivity index (χ3v) is 12.1. The van der Waals surface area contributed by atoms with Crippen LogP contribution in [0.5, 0.6) is 0 Å². The van der Waals surface area contributed by atoms with Crippen molar-refractivity contribution >= 4 is 81.3 Å². The van der Waals surface area contributed by atoms with Crippen molar-refractivity contribution in [2.45, 2.75) is 0 Å². The third-order valence-electron chi connectivity index (χ3n) is 10.9. The van der Waals surface area contributed by atoms with Crippen LogP contribution in [0.3, 0.4) is 0 Å². The fraction of sp³-hybridized carbons (Fsp3) is 0. The lowest BCUT2D eigenvalue weighted by Gasteiger charge is -2.26. The van der Waals surface area contributed by atoms with Crippen molar-refractivity contribution in [3.63, 3.8) is 0 Å². The van der Waals surface area contributed by atoms with Crippen LogP contribution in [-0.2, 0) is 0 Å². The predicted octanol–water partition coefficient (Wildman–Crippen LogP) is 15.6. The molecular weight excluding hydrogens is 687 g/mol. The molecule has 258 valence electrons. The minimum Gasteiger partial charge on any atom is -0.455 e. The Balaban J connectivity index is 1.03. The van der Waals surface area contributed by atoms with Crippen molar-refractivity contribution in [1.29, 1.82) is 0 Å². The van der Waals surface area contributed by atoms with Crippen LogP contribution >= 0.6 is 11.3 Å². The number of anilines is 3. The van der Waals surface area contributed by atoms with Gasteiger partial charge in [0.1, 0.15) is 11.2 Å². The minimum atomic E-state index is 0.905. The second-order valence-corrected chi connectivity index (χ2v) is 15.1. The van der Waals surface area contributed by atoms with Crippen LogP contribution < -0.4 is 4.90 Å². The van der Waals surface area contributed by atoms with E-state index in [0.717, 1.165) is 50.1 Å². The van der Waals surface area contributed by atoms with Crippen molar-refractivity contribution in [3.8, 4) is 33.4 Å². The van der Waals surface area contributed by atoms with Gasteiger partial charge in [0, 0.05) is 53.6 Å². The number of para-hydroxylation sites is 1. The molecule has 0 radical (unpaired) electrons. The first kappa shape index (κ1) is 31.6. The molecule has 0 saturated carbocycles. The van der Waals surface area contributed by atoms with Crippen LogP contribution in [0.25, 0.3) is 86.3 Å². The zero-order chi connectivity index (χ0) is 36.3. The van der Waals surface area contributed by atoms with Crippen molar-refractivity contribution in [2.75, 3.05) is 4.90 Å². The van der Waals surface area contributed by atoms with Crippen LogP contribution in [0.2, 0.25) is 0 Å². The van der Waals surface area contributed by atoms with Crippen molar-refractivity contribution in [2.24, 2.45) is 0 Å². The van der Waals surface area contributed by atoms with Crippen molar-refractivity contribution in [3.05, 3.63) is 200 Å². The van der Waals surface area contributed by atoms with Gasteiger partial charge in [0.25, 0.3) is 0 Å². The lowest BCUT2D eigenvalue weighted by Crippen LogP contribution is -2.09. The van der Waals surface area contributed by atoms with Crippen LogP contribution in [0.15, 0.2) is 205 Å². The van der Waals surface area contributed by atoms with E-state index in [1.54, 1.807) is 0 Å². The highest BCUT2D eigenvalue weighted by atomic mass is 32.1. The fourth-order valence-corrected chi connectivity index (χ4v) is 9.47. The molecule has 0 unspecified atom stereocenters. The molecule has 0 atom stereocenters. The monoisotopic (exact) mass is 719 g/mol. The van der Waals surface area contributed by atoms with E-state index < -0.39 is 0 Å². The Bertz CT molecular complexity index is 3170. The van der Waals surface area contributed by atoms with Crippen molar-refractivity contribution in [1.82, 2.24) is 0 Å². The van der Waals surface area contributed by atoms with Crippen molar-refractivity contribution < 1.29 is 4.42 Å². The highest BCUT2D eigenvalue weighted by Gasteiger charge is 2.19. The summed E-state index contributed by atoms with van der Waals surface area (Å²) in [6.45, 7) is 0. The van der Waals surface area contributed by atoms with Gasteiger partial charge in [-0.2, -0.15) is 0 Å². The second kappa shape index (κ2) is 12.9. The van der Waals surface area contributed by atoms with Gasteiger partial charge < -0.3 is 9.32 Å². The topological polar surface area (TPSA) is 16.4 Å². The van der Waals surface area contributed by atoms with E-state index in [4.69, 9.17) is 4.42 Å². The highest BCUT2D eigenvalue weighted by molar-refractivity contribution is 7.26. The fourth-order valence-electron chi connectivity index (χ4n) is 8.23. The van der Waals surface area contributed by atoms with E-state index in [-0.39, 0.29) is 0 Å². The molecule has 9 aromatic carbocycles. The lowest BCUT2D eigenvalue weighted by molar-refractivity contribution is 0.670. The number of furan rings is 1. The SMILES string of the molecule is c1ccc(-c2ccc(N(c3ccc(-c4c5ccccc5cc5c4oc4ccccc45)cc3)c3ccc(-c4cccc5c4sc4ccccc45)cc3)cc2)cc1. The lowest BCUT2D eigenvalue weighted by atomic mass is 9.95. The average molecular weight is 720 g/mol. The molecule has 0 bridgehead atoms. The molecule has 0 aliphatic carbocycles. The standard InChI is InChI=1S/C52H33NOS/c1-2-11-34(12-3-1)35-21-27-39(28-22-35)53(40-29-23-36(24-30-40)43-17-10-18-46-45-16-7-9-20-49(45)55-52(43)46)41-31-25-37(26-32-41)50-42-14-5-4-13-38(42)33-47-44-15-6-8-19-48(44)54-51(47)50/h1-33H. The van der Waals surface area contributed by atoms with E-state index in [1.165, 1.54) is 53.2 Å². The molecule has 2 aromatic heterocycles. The number of hydrogen-bond donors (Lipinski definition) is 0. The Kier molecular flexibility index (Phi) is 7.39. The number of thiophene rings is 1. The maximum Gasteiger partial charge on any atom is 0.143 e.